The molecule has 15 heavy (non-hydrogen) atoms. The molecule has 0 aliphatic rings. The van der Waals surface area contributed by atoms with E-state index in [0.29, 0.717) is 0 Å². The van der Waals surface area contributed by atoms with Crippen LogP contribution in [0.3, 0.4) is 0 Å². The number of aliphatic imine (C=N–C) groups is 1. The predicted octanol–water partition coefficient (Wildman–Crippen LogP) is -1.20. The molecule has 80 valence electrons. The molecule has 0 radical (unpaired) electrons. The Balaban J connectivity index is 3.22. The van der Waals surface area contributed by atoms with Crippen molar-refractivity contribution in [1.82, 2.24) is 9.97 Å². The minimum absolute atomic E-state index is 0.167. The third kappa shape index (κ3) is 2.49. The predicted molar refractivity (Wildman–Crippen MR) is 51.4 cm³/mol. The Bertz CT molecular complexity index is 524. The molecule has 0 aliphatic heterocycles. The highest BCUT2D eigenvalue weighted by molar-refractivity contribution is 5.78. The number of nitrogens with zero attached hydrogens (tertiary/aromatic N) is 3. The minimum Gasteiger partial charge on any atom is -0.493 e. The Morgan fingerprint density at radius 1 is 1.40 bits per heavy atom. The minimum atomic E-state index is -0.871. The number of aromatic amines is 2. The van der Waals surface area contributed by atoms with E-state index in [-0.39, 0.29) is 5.96 Å². The summed E-state index contributed by atoms with van der Waals surface area (Å²) in [5.41, 5.74) is 3.02. The van der Waals surface area contributed by atoms with E-state index < -0.39 is 22.8 Å². The number of rotatable bonds is 1. The summed E-state index contributed by atoms with van der Waals surface area (Å²) in [4.78, 5) is 29.0. The molecule has 9 heteroatoms. The van der Waals surface area contributed by atoms with Gasteiger partial charge < -0.3 is 10.8 Å². The molecule has 0 saturated carbocycles. The first-order chi connectivity index (χ1) is 7.04. The zero-order chi connectivity index (χ0) is 11.4. The summed E-state index contributed by atoms with van der Waals surface area (Å²) in [5, 5.41) is 15.8. The second kappa shape index (κ2) is 4.17. The smallest absolute Gasteiger partial charge is 0.328 e. The van der Waals surface area contributed by atoms with Crippen LogP contribution in [0.4, 0.5) is 5.69 Å². The van der Waals surface area contributed by atoms with Crippen molar-refractivity contribution in [2.24, 2.45) is 21.0 Å². The van der Waals surface area contributed by atoms with E-state index in [1.807, 2.05) is 9.97 Å². The fraction of sp³-hybridized carbons (Fsp3) is 0.167. The molecule has 9 nitrogen and oxygen atoms in total. The molecule has 0 amide bonds. The maximum atomic E-state index is 11.1. The quantitative estimate of drug-likeness (QED) is 0.262. The van der Waals surface area contributed by atoms with Gasteiger partial charge in [-0.25, -0.2) is 4.79 Å². The van der Waals surface area contributed by atoms with Gasteiger partial charge in [0, 0.05) is 7.05 Å². The molecule has 0 aliphatic carbocycles. The van der Waals surface area contributed by atoms with Gasteiger partial charge in [0.15, 0.2) is 0 Å². The van der Waals surface area contributed by atoms with Crippen LogP contribution in [-0.2, 0) is 0 Å². The topological polar surface area (TPSA) is 149 Å². The maximum Gasteiger partial charge on any atom is 0.328 e. The summed E-state index contributed by atoms with van der Waals surface area (Å²) in [6.45, 7) is 0. The van der Waals surface area contributed by atoms with Crippen LogP contribution < -0.4 is 17.0 Å². The van der Waals surface area contributed by atoms with E-state index in [0.717, 1.165) is 0 Å². The van der Waals surface area contributed by atoms with Crippen LogP contribution in [0.15, 0.2) is 24.8 Å². The van der Waals surface area contributed by atoms with Crippen molar-refractivity contribution in [2.45, 2.75) is 0 Å². The van der Waals surface area contributed by atoms with E-state index in [1.54, 1.807) is 0 Å². The second-order valence-corrected chi connectivity index (χ2v) is 2.39. The summed E-state index contributed by atoms with van der Waals surface area (Å²) in [5.74, 6) is -0.851. The molecule has 0 bridgehead atoms. The van der Waals surface area contributed by atoms with E-state index in [2.05, 4.69) is 15.2 Å². The van der Waals surface area contributed by atoms with Gasteiger partial charge in [0.2, 0.25) is 17.5 Å². The highest BCUT2D eigenvalue weighted by Crippen LogP contribution is 2.15. The van der Waals surface area contributed by atoms with Crippen LogP contribution >= 0.6 is 0 Å². The molecular weight excluding hydrogens is 204 g/mol. The molecule has 0 aromatic carbocycles. The van der Waals surface area contributed by atoms with Crippen molar-refractivity contribution >= 4 is 11.6 Å². The second-order valence-electron chi connectivity index (χ2n) is 2.39. The summed E-state index contributed by atoms with van der Waals surface area (Å²) in [7, 11) is 1.38. The SMILES string of the molecule is CN=C(N)N=Nc1c(O)[nH]c(=O)[nH]c1=O. The van der Waals surface area contributed by atoms with Crippen molar-refractivity contribution in [3.05, 3.63) is 20.8 Å². The highest BCUT2D eigenvalue weighted by atomic mass is 16.3. The Morgan fingerprint density at radius 3 is 2.60 bits per heavy atom. The highest BCUT2D eigenvalue weighted by Gasteiger charge is 2.06. The third-order valence-corrected chi connectivity index (χ3v) is 1.38. The van der Waals surface area contributed by atoms with Crippen LogP contribution in [0.5, 0.6) is 5.88 Å². The number of nitrogens with two attached hydrogens (primary N) is 1. The standard InChI is InChI=1S/C6H8N6O3/c1-8-5(7)12-11-2-3(13)9-6(15)10-4(2)14/h1H3,(H2,7,8)(H3,9,10,13,14,15). The van der Waals surface area contributed by atoms with E-state index in [9.17, 15) is 9.59 Å². The first kappa shape index (κ1) is 10.6. The van der Waals surface area contributed by atoms with Gasteiger partial charge in [-0.3, -0.25) is 19.8 Å². The summed E-state index contributed by atoms with van der Waals surface area (Å²) >= 11 is 0. The summed E-state index contributed by atoms with van der Waals surface area (Å²) in [6, 6.07) is 0. The fourth-order valence-corrected chi connectivity index (χ4v) is 0.707. The molecule has 1 rings (SSSR count). The van der Waals surface area contributed by atoms with Crippen LogP contribution in [0, 0.1) is 0 Å². The van der Waals surface area contributed by atoms with Crippen molar-refractivity contribution in [3.63, 3.8) is 0 Å². The molecule has 5 N–H and O–H groups in total. The molecular formula is C6H8N6O3. The summed E-state index contributed by atoms with van der Waals surface area (Å²) in [6.07, 6.45) is 0. The number of hydrogen-bond acceptors (Lipinski definition) is 5. The number of azo groups is 1. The number of guanidine groups is 1. The van der Waals surface area contributed by atoms with Crippen molar-refractivity contribution in [1.29, 1.82) is 0 Å². The maximum absolute atomic E-state index is 11.1. The number of H-pyrrole nitrogens is 2. The van der Waals surface area contributed by atoms with Gasteiger partial charge in [0.05, 0.1) is 0 Å². The Kier molecular flexibility index (Phi) is 2.96. The van der Waals surface area contributed by atoms with Crippen LogP contribution in [0.2, 0.25) is 0 Å². The lowest BCUT2D eigenvalue weighted by atomic mass is 10.5. The van der Waals surface area contributed by atoms with Crippen molar-refractivity contribution in [2.75, 3.05) is 7.05 Å². The number of aromatic hydroxyl groups is 1. The van der Waals surface area contributed by atoms with Gasteiger partial charge in [0.25, 0.3) is 5.56 Å². The first-order valence-electron chi connectivity index (χ1n) is 3.74. The number of aromatic nitrogens is 2. The van der Waals surface area contributed by atoms with Gasteiger partial charge in [-0.15, -0.1) is 10.2 Å². The monoisotopic (exact) mass is 212 g/mol. The van der Waals surface area contributed by atoms with Gasteiger partial charge in [-0.2, -0.15) is 0 Å². The third-order valence-electron chi connectivity index (χ3n) is 1.38. The normalized spacial score (nSPS) is 12.2. The molecule has 0 fully saturated rings. The van der Waals surface area contributed by atoms with Crippen LogP contribution in [0.25, 0.3) is 0 Å². The van der Waals surface area contributed by atoms with Gasteiger partial charge >= 0.3 is 5.69 Å². The molecule has 0 saturated heterocycles. The zero-order valence-electron chi connectivity index (χ0n) is 7.68. The summed E-state index contributed by atoms with van der Waals surface area (Å²) < 4.78 is 0. The number of nitrogens with one attached hydrogen (secondary N) is 2. The average molecular weight is 212 g/mol. The Morgan fingerprint density at radius 2 is 2.07 bits per heavy atom. The van der Waals surface area contributed by atoms with E-state index >= 15 is 0 Å². The van der Waals surface area contributed by atoms with Gasteiger partial charge in [-0.1, -0.05) is 0 Å². The average Bonchev–Trinajstić information content (AvgIpc) is 2.15. The zero-order valence-corrected chi connectivity index (χ0v) is 7.68. The fourth-order valence-electron chi connectivity index (χ4n) is 0.707. The van der Waals surface area contributed by atoms with Crippen molar-refractivity contribution in [3.8, 4) is 5.88 Å². The van der Waals surface area contributed by atoms with Crippen LogP contribution in [-0.4, -0.2) is 28.1 Å². The Labute approximate surface area is 82.4 Å². The van der Waals surface area contributed by atoms with E-state index in [1.165, 1.54) is 7.05 Å². The molecule has 1 heterocycles. The lowest BCUT2D eigenvalue weighted by Gasteiger charge is -1.94. The van der Waals surface area contributed by atoms with Crippen LogP contribution in [0.1, 0.15) is 0 Å². The molecule has 0 atom stereocenters. The largest absolute Gasteiger partial charge is 0.493 e. The molecule has 1 aromatic rings. The first-order valence-corrected chi connectivity index (χ1v) is 3.74. The molecule has 1 aromatic heterocycles. The van der Waals surface area contributed by atoms with Gasteiger partial charge in [0.1, 0.15) is 0 Å². The molecule has 0 spiro atoms. The lowest BCUT2D eigenvalue weighted by molar-refractivity contribution is 0.450. The van der Waals surface area contributed by atoms with E-state index in [4.69, 9.17) is 10.8 Å². The lowest BCUT2D eigenvalue weighted by Crippen LogP contribution is -2.21. The Hall–Kier alpha value is -2.45. The number of hydrogen-bond donors (Lipinski definition) is 4. The van der Waals surface area contributed by atoms with Gasteiger partial charge in [-0.05, 0) is 0 Å². The van der Waals surface area contributed by atoms with Crippen molar-refractivity contribution < 1.29 is 5.11 Å². The molecule has 0 unspecified atom stereocenters.